The van der Waals surface area contributed by atoms with Gasteiger partial charge in [0.25, 0.3) is 0 Å². The fraction of sp³-hybridized carbons (Fsp3) is 0.444. The van der Waals surface area contributed by atoms with E-state index < -0.39 is 11.7 Å². The number of H-pyrrole nitrogens is 1. The van der Waals surface area contributed by atoms with Crippen molar-refractivity contribution >= 4 is 11.8 Å². The Bertz CT molecular complexity index is 462. The Kier molecular flexibility index (Phi) is 2.18. The van der Waals surface area contributed by atoms with Crippen LogP contribution in [0.25, 0.3) is 0 Å². The van der Waals surface area contributed by atoms with Gasteiger partial charge in [-0.25, -0.2) is 9.59 Å². The van der Waals surface area contributed by atoms with Crippen LogP contribution in [0, 0.1) is 0 Å². The number of hydrogen-bond donors (Lipinski definition) is 3. The van der Waals surface area contributed by atoms with E-state index in [-0.39, 0.29) is 17.3 Å². The lowest BCUT2D eigenvalue weighted by Crippen LogP contribution is -2.25. The summed E-state index contributed by atoms with van der Waals surface area (Å²) in [5.74, 6) is -1.24. The molecule has 0 spiro atoms. The number of aromatic nitrogens is 2. The van der Waals surface area contributed by atoms with E-state index in [0.717, 1.165) is 19.3 Å². The molecule has 0 unspecified atom stereocenters. The number of hydrogen-bond acceptors (Lipinski definition) is 4. The highest BCUT2D eigenvalue weighted by Gasteiger charge is 2.27. The molecule has 1 aromatic rings. The first-order valence-corrected chi connectivity index (χ1v) is 4.72. The van der Waals surface area contributed by atoms with Crippen LogP contribution in [-0.4, -0.2) is 21.0 Å². The van der Waals surface area contributed by atoms with Crippen molar-refractivity contribution in [1.82, 2.24) is 9.97 Å². The number of nitrogens with two attached hydrogens (primary N) is 1. The fourth-order valence-electron chi connectivity index (χ4n) is 1.74. The lowest BCUT2D eigenvalue weighted by Gasteiger charge is -2.26. The minimum atomic E-state index is -1.14. The van der Waals surface area contributed by atoms with Gasteiger partial charge in [-0.2, -0.15) is 4.98 Å². The molecule has 6 heteroatoms. The van der Waals surface area contributed by atoms with Crippen LogP contribution < -0.4 is 11.4 Å². The highest BCUT2D eigenvalue weighted by molar-refractivity contribution is 5.93. The van der Waals surface area contributed by atoms with Crippen molar-refractivity contribution < 1.29 is 9.90 Å². The highest BCUT2D eigenvalue weighted by atomic mass is 16.4. The summed E-state index contributed by atoms with van der Waals surface area (Å²) >= 11 is 0. The monoisotopic (exact) mass is 209 g/mol. The van der Waals surface area contributed by atoms with Gasteiger partial charge in [-0.05, 0) is 12.8 Å². The predicted octanol–water partition coefficient (Wildman–Crippen LogP) is 0.318. The van der Waals surface area contributed by atoms with Crippen molar-refractivity contribution in [1.29, 1.82) is 0 Å². The normalized spacial score (nSPS) is 16.0. The Morgan fingerprint density at radius 3 is 2.67 bits per heavy atom. The molecule has 0 aromatic carbocycles. The molecule has 4 N–H and O–H groups in total. The fourth-order valence-corrected chi connectivity index (χ4v) is 1.74. The van der Waals surface area contributed by atoms with Crippen molar-refractivity contribution in [2.75, 3.05) is 5.73 Å². The molecule has 0 amide bonds. The maximum Gasteiger partial charge on any atom is 0.347 e. The number of aromatic amines is 1. The van der Waals surface area contributed by atoms with Gasteiger partial charge in [0.05, 0.1) is 0 Å². The lowest BCUT2D eigenvalue weighted by atomic mass is 9.81. The molecule has 0 saturated heterocycles. The molecular weight excluding hydrogens is 198 g/mol. The zero-order valence-electron chi connectivity index (χ0n) is 7.99. The Labute approximate surface area is 85.1 Å². The van der Waals surface area contributed by atoms with Gasteiger partial charge in [-0.1, -0.05) is 6.42 Å². The van der Waals surface area contributed by atoms with E-state index in [1.165, 1.54) is 0 Å². The van der Waals surface area contributed by atoms with Gasteiger partial charge in [0, 0.05) is 11.6 Å². The molecule has 0 aliphatic heterocycles. The molecule has 1 aliphatic carbocycles. The molecule has 2 rings (SSSR count). The molecule has 1 fully saturated rings. The summed E-state index contributed by atoms with van der Waals surface area (Å²) in [5, 5.41) is 8.96. The van der Waals surface area contributed by atoms with E-state index in [0.29, 0.717) is 5.69 Å². The number of rotatable bonds is 2. The summed E-state index contributed by atoms with van der Waals surface area (Å²) in [6.07, 6.45) is 2.83. The van der Waals surface area contributed by atoms with Crippen LogP contribution in [0.15, 0.2) is 4.79 Å². The second-order valence-electron chi connectivity index (χ2n) is 3.65. The SMILES string of the molecule is Nc1nc(=O)[nH]c(C2CCC2)c1C(=O)O. The summed E-state index contributed by atoms with van der Waals surface area (Å²) in [5.41, 5.74) is 5.21. The molecule has 0 atom stereocenters. The summed E-state index contributed by atoms with van der Waals surface area (Å²) in [6, 6.07) is 0. The van der Waals surface area contributed by atoms with E-state index in [4.69, 9.17) is 10.8 Å². The average molecular weight is 209 g/mol. The Morgan fingerprint density at radius 1 is 1.53 bits per heavy atom. The zero-order valence-corrected chi connectivity index (χ0v) is 7.99. The second-order valence-corrected chi connectivity index (χ2v) is 3.65. The molecule has 1 heterocycles. The minimum absolute atomic E-state index is 0.0562. The molecule has 0 radical (unpaired) electrons. The third kappa shape index (κ3) is 1.58. The van der Waals surface area contributed by atoms with Crippen molar-refractivity contribution in [2.45, 2.75) is 25.2 Å². The minimum Gasteiger partial charge on any atom is -0.477 e. The van der Waals surface area contributed by atoms with Crippen molar-refractivity contribution in [2.24, 2.45) is 0 Å². The van der Waals surface area contributed by atoms with Crippen LogP contribution in [0.2, 0.25) is 0 Å². The van der Waals surface area contributed by atoms with Gasteiger partial charge < -0.3 is 15.8 Å². The summed E-state index contributed by atoms with van der Waals surface area (Å²) < 4.78 is 0. The van der Waals surface area contributed by atoms with Crippen molar-refractivity contribution in [3.63, 3.8) is 0 Å². The third-order valence-corrected chi connectivity index (χ3v) is 2.72. The van der Waals surface area contributed by atoms with Crippen LogP contribution in [-0.2, 0) is 0 Å². The van der Waals surface area contributed by atoms with Gasteiger partial charge in [-0.15, -0.1) is 0 Å². The lowest BCUT2D eigenvalue weighted by molar-refractivity contribution is 0.0694. The number of carboxylic acid groups (broad SMARTS) is 1. The topological polar surface area (TPSA) is 109 Å². The van der Waals surface area contributed by atoms with Crippen LogP contribution in [0.3, 0.4) is 0 Å². The van der Waals surface area contributed by atoms with E-state index in [9.17, 15) is 9.59 Å². The summed E-state index contributed by atoms with van der Waals surface area (Å²) in [7, 11) is 0. The molecular formula is C9H11N3O3. The quantitative estimate of drug-likeness (QED) is 0.649. The van der Waals surface area contributed by atoms with Crippen LogP contribution >= 0.6 is 0 Å². The number of nitrogen functional groups attached to an aromatic ring is 1. The van der Waals surface area contributed by atoms with Crippen molar-refractivity contribution in [3.05, 3.63) is 21.7 Å². The smallest absolute Gasteiger partial charge is 0.347 e. The standard InChI is InChI=1S/C9H11N3O3/c10-7-5(8(13)14)6(4-2-1-3-4)11-9(15)12-7/h4H,1-3H2,(H,13,14)(H3,10,11,12,15). The third-order valence-electron chi connectivity index (χ3n) is 2.72. The van der Waals surface area contributed by atoms with E-state index in [1.54, 1.807) is 0 Å². The second kappa shape index (κ2) is 3.38. The molecule has 0 bridgehead atoms. The molecule has 1 aromatic heterocycles. The average Bonchev–Trinajstić information content (AvgIpc) is 1.97. The number of carboxylic acids is 1. The number of carbonyl (C=O) groups is 1. The van der Waals surface area contributed by atoms with Crippen molar-refractivity contribution in [3.8, 4) is 0 Å². The molecule has 6 nitrogen and oxygen atoms in total. The molecule has 1 aliphatic rings. The number of anilines is 1. The van der Waals surface area contributed by atoms with Gasteiger partial charge in [0.15, 0.2) is 0 Å². The number of nitrogens with one attached hydrogen (secondary N) is 1. The van der Waals surface area contributed by atoms with E-state index >= 15 is 0 Å². The maximum absolute atomic E-state index is 11.1. The Hall–Kier alpha value is -1.85. The maximum atomic E-state index is 11.1. The zero-order chi connectivity index (χ0) is 11.0. The first-order valence-electron chi connectivity index (χ1n) is 4.72. The van der Waals surface area contributed by atoms with Gasteiger partial charge in [-0.3, -0.25) is 0 Å². The first kappa shape index (κ1) is 9.70. The van der Waals surface area contributed by atoms with Crippen LogP contribution in [0.4, 0.5) is 5.82 Å². The van der Waals surface area contributed by atoms with Gasteiger partial charge in [0.2, 0.25) is 0 Å². The van der Waals surface area contributed by atoms with Gasteiger partial charge in [0.1, 0.15) is 11.4 Å². The predicted molar refractivity (Wildman–Crippen MR) is 52.8 cm³/mol. The number of nitrogens with zero attached hydrogens (tertiary/aromatic N) is 1. The Balaban J connectivity index is 2.58. The highest BCUT2D eigenvalue weighted by Crippen LogP contribution is 2.37. The summed E-state index contributed by atoms with van der Waals surface area (Å²) in [6.45, 7) is 0. The Morgan fingerprint density at radius 2 is 2.20 bits per heavy atom. The van der Waals surface area contributed by atoms with E-state index in [2.05, 4.69) is 9.97 Å². The van der Waals surface area contributed by atoms with Crippen LogP contribution in [0.5, 0.6) is 0 Å². The van der Waals surface area contributed by atoms with E-state index in [1.807, 2.05) is 0 Å². The largest absolute Gasteiger partial charge is 0.477 e. The van der Waals surface area contributed by atoms with Gasteiger partial charge >= 0.3 is 11.7 Å². The first-order chi connectivity index (χ1) is 7.09. The molecule has 15 heavy (non-hydrogen) atoms. The van der Waals surface area contributed by atoms with Crippen LogP contribution in [0.1, 0.15) is 41.2 Å². The molecule has 1 saturated carbocycles. The summed E-state index contributed by atoms with van der Waals surface area (Å²) in [4.78, 5) is 27.9. The molecule has 80 valence electrons. The number of aromatic carboxylic acids is 1.